The summed E-state index contributed by atoms with van der Waals surface area (Å²) in [7, 11) is 0. The van der Waals surface area contributed by atoms with E-state index in [0.717, 1.165) is 9.80 Å². The Kier molecular flexibility index (Phi) is 8.11. The third-order valence-electron chi connectivity index (χ3n) is 9.91. The first kappa shape index (κ1) is 32.0. The Morgan fingerprint density at radius 3 is 1.57 bits per heavy atom. The highest BCUT2D eigenvalue weighted by Gasteiger charge is 2.82. The molecule has 7 rings (SSSR count). The highest BCUT2D eigenvalue weighted by atomic mass is 79.9. The first-order valence-electron chi connectivity index (χ1n) is 15.8. The Bertz CT molecular complexity index is 1590. The number of para-hydroxylation sites is 4. The summed E-state index contributed by atoms with van der Waals surface area (Å²) in [5, 5.41) is 0. The lowest BCUT2D eigenvalue weighted by Crippen LogP contribution is -2.67. The van der Waals surface area contributed by atoms with Gasteiger partial charge in [0.15, 0.2) is 0 Å². The molecular weight excluding hydrogens is 656 g/mol. The Labute approximate surface area is 276 Å². The topological polar surface area (TPSA) is 120 Å². The Morgan fingerprint density at radius 1 is 0.739 bits per heavy atom. The molecule has 1 saturated carbocycles. The van der Waals surface area contributed by atoms with Crippen molar-refractivity contribution in [2.24, 2.45) is 29.1 Å². The summed E-state index contributed by atoms with van der Waals surface area (Å²) in [5.41, 5.74) is -0.441. The average molecular weight is 694 g/mol. The molecule has 3 aliphatic carbocycles. The number of anilines is 2. The monoisotopic (exact) mass is 692 g/mol. The zero-order valence-electron chi connectivity index (χ0n) is 26.5. The first-order valence-corrected chi connectivity index (χ1v) is 16.6. The number of amides is 4. The van der Waals surface area contributed by atoms with Crippen molar-refractivity contribution < 1.29 is 38.2 Å². The van der Waals surface area contributed by atoms with Gasteiger partial charge < -0.3 is 14.2 Å². The van der Waals surface area contributed by atoms with Crippen molar-refractivity contribution in [3.8, 4) is 11.5 Å². The molecule has 2 heterocycles. The smallest absolute Gasteiger partial charge is 0.334 e. The fourth-order valence-corrected chi connectivity index (χ4v) is 9.28. The van der Waals surface area contributed by atoms with Crippen LogP contribution in [-0.4, -0.2) is 53.7 Å². The number of rotatable bonds is 10. The van der Waals surface area contributed by atoms with Crippen molar-refractivity contribution in [1.29, 1.82) is 0 Å². The molecule has 3 fully saturated rings. The van der Waals surface area contributed by atoms with Crippen LogP contribution in [0.4, 0.5) is 11.4 Å². The van der Waals surface area contributed by atoms with Crippen LogP contribution in [0.3, 0.4) is 0 Å². The van der Waals surface area contributed by atoms with Gasteiger partial charge in [0.05, 0.1) is 59.2 Å². The zero-order valence-corrected chi connectivity index (χ0v) is 28.1. The van der Waals surface area contributed by atoms with Gasteiger partial charge in [-0.15, -0.1) is 0 Å². The van der Waals surface area contributed by atoms with Crippen LogP contribution < -0.4 is 19.3 Å². The molecule has 2 aliphatic heterocycles. The van der Waals surface area contributed by atoms with E-state index in [1.54, 1.807) is 69.3 Å². The summed E-state index contributed by atoms with van der Waals surface area (Å²) in [6.45, 7) is 9.73. The Hall–Kier alpha value is -3.99. The van der Waals surface area contributed by atoms with Gasteiger partial charge in [0.2, 0.25) is 23.6 Å². The number of carbonyl (C=O) groups excluding carboxylic acids is 5. The van der Waals surface area contributed by atoms with Gasteiger partial charge in [-0.2, -0.15) is 0 Å². The maximum Gasteiger partial charge on any atom is 0.334 e. The number of hydrogen-bond donors (Lipinski definition) is 0. The second kappa shape index (κ2) is 11.7. The van der Waals surface area contributed by atoms with E-state index in [-0.39, 0.29) is 23.6 Å². The van der Waals surface area contributed by atoms with E-state index in [0.29, 0.717) is 43.1 Å². The zero-order chi connectivity index (χ0) is 33.1. The molecule has 0 N–H and O–H groups in total. The molecular formula is C35H37BrN2O8. The van der Waals surface area contributed by atoms with E-state index in [1.165, 1.54) is 0 Å². The van der Waals surface area contributed by atoms with Gasteiger partial charge in [0, 0.05) is 11.0 Å². The van der Waals surface area contributed by atoms with E-state index in [2.05, 4.69) is 15.9 Å². The molecule has 2 bridgehead atoms. The maximum atomic E-state index is 14.7. The lowest BCUT2D eigenvalue weighted by Gasteiger charge is -2.59. The standard InChI is InChI=1S/C35H37BrN2O8/c1-6-17-45-22-15-11-9-13-20(22)37-29(39)25-27(31(37)41)35(36)19(4)24(33(43)44-8-3)34(25,5)26-28(35)32(42)38(30(26)40)21-14-10-12-16-23(21)46-18-7-2/h9-16,25-28H,6-8,17-18H2,1-5H3/t25-,26-,27+,28+,34?,35?/m0/s1. The van der Waals surface area contributed by atoms with Crippen molar-refractivity contribution in [3.05, 3.63) is 59.7 Å². The van der Waals surface area contributed by atoms with E-state index in [1.807, 2.05) is 13.8 Å². The molecule has 11 heteroatoms. The van der Waals surface area contributed by atoms with Crippen LogP contribution in [0.25, 0.3) is 0 Å². The van der Waals surface area contributed by atoms with Gasteiger partial charge in [-0.3, -0.25) is 19.2 Å². The van der Waals surface area contributed by atoms with E-state index >= 15 is 0 Å². The third kappa shape index (κ3) is 4.16. The molecule has 4 amide bonds. The average Bonchev–Trinajstić information content (AvgIpc) is 3.47. The molecule has 0 aromatic heterocycles. The van der Waals surface area contributed by atoms with Crippen molar-refractivity contribution in [3.63, 3.8) is 0 Å². The number of nitrogens with zero attached hydrogens (tertiary/aromatic N) is 2. The quantitative estimate of drug-likeness (QED) is 0.189. The second-order valence-electron chi connectivity index (χ2n) is 12.3. The van der Waals surface area contributed by atoms with Gasteiger partial charge in [-0.05, 0) is 56.5 Å². The summed E-state index contributed by atoms with van der Waals surface area (Å²) in [5.74, 6) is -6.62. The lowest BCUT2D eigenvalue weighted by atomic mass is 9.43. The number of allylic oxidation sites excluding steroid dienone is 1. The summed E-state index contributed by atoms with van der Waals surface area (Å²) in [4.78, 5) is 74.6. The summed E-state index contributed by atoms with van der Waals surface area (Å²) < 4.78 is 15.8. The number of imide groups is 2. The number of alkyl halides is 1. The van der Waals surface area contributed by atoms with Crippen molar-refractivity contribution in [2.45, 2.75) is 51.8 Å². The molecule has 242 valence electrons. The third-order valence-corrected chi connectivity index (χ3v) is 11.5. The van der Waals surface area contributed by atoms with Crippen molar-refractivity contribution >= 4 is 56.9 Å². The van der Waals surface area contributed by atoms with E-state index in [4.69, 9.17) is 14.2 Å². The number of hydrogen-bond acceptors (Lipinski definition) is 8. The van der Waals surface area contributed by atoms with E-state index < -0.39 is 63.0 Å². The predicted molar refractivity (Wildman–Crippen MR) is 172 cm³/mol. The summed E-state index contributed by atoms with van der Waals surface area (Å²) in [6, 6.07) is 13.6. The van der Waals surface area contributed by atoms with Crippen molar-refractivity contribution in [2.75, 3.05) is 29.6 Å². The molecule has 5 aliphatic rings. The SMILES string of the molecule is CCCOc1ccccc1N1C(=O)[C@@H]2[C@H](C1=O)C1(Br)C(C)=C(C(=O)OCC)C2(C)[C@@H]2C(=O)N(c3ccccc3OCCC)C(=O)[C@@H]21. The van der Waals surface area contributed by atoms with Gasteiger partial charge >= 0.3 is 5.97 Å². The molecule has 4 atom stereocenters. The second-order valence-corrected chi connectivity index (χ2v) is 13.7. The van der Waals surface area contributed by atoms with Crippen molar-refractivity contribution in [1.82, 2.24) is 0 Å². The van der Waals surface area contributed by atoms with Crippen LogP contribution in [0.5, 0.6) is 11.5 Å². The molecule has 10 nitrogen and oxygen atoms in total. The normalized spacial score (nSPS) is 29.8. The fourth-order valence-electron chi connectivity index (χ4n) is 8.16. The minimum Gasteiger partial charge on any atom is -0.491 e. The lowest BCUT2D eigenvalue weighted by molar-refractivity contribution is -0.152. The van der Waals surface area contributed by atoms with Gasteiger partial charge in [0.1, 0.15) is 11.5 Å². The van der Waals surface area contributed by atoms with Crippen LogP contribution in [0.15, 0.2) is 59.7 Å². The number of halogens is 1. The molecule has 46 heavy (non-hydrogen) atoms. The predicted octanol–water partition coefficient (Wildman–Crippen LogP) is 5.22. The molecule has 0 spiro atoms. The number of ether oxygens (including phenoxy) is 3. The number of carbonyl (C=O) groups is 5. The van der Waals surface area contributed by atoms with Crippen LogP contribution in [0, 0.1) is 29.1 Å². The van der Waals surface area contributed by atoms with Crippen LogP contribution in [-0.2, 0) is 28.7 Å². The van der Waals surface area contributed by atoms with Crippen LogP contribution in [0.2, 0.25) is 0 Å². The Morgan fingerprint density at radius 2 is 1.15 bits per heavy atom. The first-order chi connectivity index (χ1) is 22.0. The molecule has 2 aromatic rings. The summed E-state index contributed by atoms with van der Waals surface area (Å²) >= 11 is 3.83. The van der Waals surface area contributed by atoms with Crippen LogP contribution >= 0.6 is 15.9 Å². The fraction of sp³-hybridized carbons (Fsp3) is 0.457. The van der Waals surface area contributed by atoms with E-state index in [9.17, 15) is 24.0 Å². The number of benzene rings is 2. The maximum absolute atomic E-state index is 14.7. The number of esters is 1. The van der Waals surface area contributed by atoms with Gasteiger partial charge in [-0.1, -0.05) is 61.0 Å². The minimum absolute atomic E-state index is 0.0610. The van der Waals surface area contributed by atoms with Gasteiger partial charge in [0.25, 0.3) is 0 Å². The summed E-state index contributed by atoms with van der Waals surface area (Å²) in [6.07, 6.45) is 1.43. The molecule has 2 aromatic carbocycles. The highest BCUT2D eigenvalue weighted by molar-refractivity contribution is 9.10. The largest absolute Gasteiger partial charge is 0.491 e. The minimum atomic E-state index is -1.55. The molecule has 0 radical (unpaired) electrons. The molecule has 0 unspecified atom stereocenters. The van der Waals surface area contributed by atoms with Gasteiger partial charge in [-0.25, -0.2) is 14.6 Å². The molecule has 2 saturated heterocycles. The van der Waals surface area contributed by atoms with Crippen LogP contribution in [0.1, 0.15) is 47.5 Å². The Balaban J connectivity index is 1.55. The highest BCUT2D eigenvalue weighted by Crippen LogP contribution is 2.73.